The van der Waals surface area contributed by atoms with Crippen LogP contribution in [0.5, 0.6) is 0 Å². The van der Waals surface area contributed by atoms with E-state index in [0.29, 0.717) is 10.9 Å². The molecule has 0 aliphatic carbocycles. The summed E-state index contributed by atoms with van der Waals surface area (Å²) < 4.78 is 5.40. The van der Waals surface area contributed by atoms with Gasteiger partial charge < -0.3 is 4.74 Å². The van der Waals surface area contributed by atoms with Crippen molar-refractivity contribution in [2.24, 2.45) is 0 Å². The number of pyridine rings is 1. The van der Waals surface area contributed by atoms with Gasteiger partial charge in [-0.15, -0.1) is 0 Å². The van der Waals surface area contributed by atoms with Crippen LogP contribution in [0.25, 0.3) is 17.0 Å². The fourth-order valence-electron chi connectivity index (χ4n) is 2.57. The van der Waals surface area contributed by atoms with Crippen LogP contribution in [0.4, 0.5) is 0 Å². The van der Waals surface area contributed by atoms with Gasteiger partial charge in [-0.2, -0.15) is 0 Å². The van der Waals surface area contributed by atoms with E-state index >= 15 is 0 Å². The van der Waals surface area contributed by atoms with Gasteiger partial charge in [-0.05, 0) is 36.6 Å². The fourth-order valence-corrected chi connectivity index (χ4v) is 2.84. The number of nitrogens with zero attached hydrogens (tertiary/aromatic N) is 1. The lowest BCUT2D eigenvalue weighted by molar-refractivity contribution is 0.0846. The summed E-state index contributed by atoms with van der Waals surface area (Å²) in [5, 5.41) is 1.76. The number of rotatable bonds is 2. The minimum Gasteiger partial charge on any atom is -0.381 e. The van der Waals surface area contributed by atoms with Crippen LogP contribution in [0.15, 0.2) is 30.8 Å². The quantitative estimate of drug-likeness (QED) is 0.808. The molecule has 19 heavy (non-hydrogen) atoms. The SMILES string of the molecule is C=Cc1cc(Cl)c2nc(C3CCOCC3)ccc2c1. The first-order chi connectivity index (χ1) is 9.28. The molecule has 0 saturated carbocycles. The van der Waals surface area contributed by atoms with Gasteiger partial charge in [-0.3, -0.25) is 4.98 Å². The molecule has 1 fully saturated rings. The second-order valence-electron chi connectivity index (χ2n) is 4.90. The van der Waals surface area contributed by atoms with Crippen LogP contribution in [0.2, 0.25) is 5.02 Å². The maximum atomic E-state index is 6.32. The Morgan fingerprint density at radius 2 is 2.05 bits per heavy atom. The van der Waals surface area contributed by atoms with E-state index in [1.807, 2.05) is 6.07 Å². The van der Waals surface area contributed by atoms with Crippen molar-refractivity contribution < 1.29 is 4.74 Å². The third-order valence-corrected chi connectivity index (χ3v) is 3.95. The van der Waals surface area contributed by atoms with Crippen molar-refractivity contribution in [3.63, 3.8) is 0 Å². The third kappa shape index (κ3) is 2.51. The molecule has 2 aromatic rings. The van der Waals surface area contributed by atoms with Crippen molar-refractivity contribution in [3.05, 3.63) is 47.1 Å². The van der Waals surface area contributed by atoms with Crippen molar-refractivity contribution >= 4 is 28.6 Å². The zero-order chi connectivity index (χ0) is 13.2. The van der Waals surface area contributed by atoms with Gasteiger partial charge in [0.1, 0.15) is 0 Å². The fraction of sp³-hybridized carbons (Fsp3) is 0.312. The predicted octanol–water partition coefficient (Wildman–Crippen LogP) is 4.43. The number of aromatic nitrogens is 1. The summed E-state index contributed by atoms with van der Waals surface area (Å²) >= 11 is 6.32. The molecule has 2 heterocycles. The van der Waals surface area contributed by atoms with E-state index < -0.39 is 0 Å². The maximum Gasteiger partial charge on any atom is 0.0891 e. The van der Waals surface area contributed by atoms with Crippen molar-refractivity contribution in [3.8, 4) is 0 Å². The van der Waals surface area contributed by atoms with Crippen molar-refractivity contribution in [2.75, 3.05) is 13.2 Å². The maximum absolute atomic E-state index is 6.32. The summed E-state index contributed by atoms with van der Waals surface area (Å²) in [7, 11) is 0. The van der Waals surface area contributed by atoms with E-state index in [9.17, 15) is 0 Å². The standard InChI is InChI=1S/C16H16ClNO/c1-2-11-9-13-3-4-15(12-5-7-19-8-6-12)18-16(13)14(17)10-11/h2-4,9-10,12H,1,5-8H2. The first-order valence-corrected chi connectivity index (χ1v) is 6.96. The molecule has 0 amide bonds. The highest BCUT2D eigenvalue weighted by Gasteiger charge is 2.17. The molecule has 1 aliphatic rings. The van der Waals surface area contributed by atoms with Gasteiger partial charge >= 0.3 is 0 Å². The monoisotopic (exact) mass is 273 g/mol. The van der Waals surface area contributed by atoms with Gasteiger partial charge in [0.25, 0.3) is 0 Å². The van der Waals surface area contributed by atoms with Gasteiger partial charge in [-0.25, -0.2) is 0 Å². The first-order valence-electron chi connectivity index (χ1n) is 6.58. The van der Waals surface area contributed by atoms with E-state index in [4.69, 9.17) is 21.3 Å². The Morgan fingerprint density at radius 1 is 1.26 bits per heavy atom. The average molecular weight is 274 g/mol. The van der Waals surface area contributed by atoms with E-state index in [1.165, 1.54) is 0 Å². The Hall–Kier alpha value is -1.38. The highest BCUT2D eigenvalue weighted by molar-refractivity contribution is 6.35. The molecule has 2 nitrogen and oxygen atoms in total. The summed E-state index contributed by atoms with van der Waals surface area (Å²) in [6.45, 7) is 5.43. The molecule has 0 N–H and O–H groups in total. The lowest BCUT2D eigenvalue weighted by Crippen LogP contribution is -2.15. The molecule has 1 aliphatic heterocycles. The van der Waals surface area contributed by atoms with Crippen molar-refractivity contribution in [2.45, 2.75) is 18.8 Å². The smallest absolute Gasteiger partial charge is 0.0891 e. The lowest BCUT2D eigenvalue weighted by atomic mass is 9.95. The summed E-state index contributed by atoms with van der Waals surface area (Å²) in [5.41, 5.74) is 3.04. The zero-order valence-electron chi connectivity index (χ0n) is 10.7. The molecule has 1 aromatic heterocycles. The van der Waals surface area contributed by atoms with Gasteiger partial charge in [0, 0.05) is 30.2 Å². The van der Waals surface area contributed by atoms with Gasteiger partial charge in [0.05, 0.1) is 10.5 Å². The Bertz CT molecular complexity index is 617. The minimum absolute atomic E-state index is 0.494. The normalized spacial score (nSPS) is 16.7. The Morgan fingerprint density at radius 3 is 2.79 bits per heavy atom. The Balaban J connectivity index is 2.05. The highest BCUT2D eigenvalue weighted by Crippen LogP contribution is 2.30. The molecular formula is C16H16ClNO. The summed E-state index contributed by atoms with van der Waals surface area (Å²) in [6.07, 6.45) is 3.89. The molecule has 3 rings (SSSR count). The van der Waals surface area contributed by atoms with Crippen molar-refractivity contribution in [1.82, 2.24) is 4.98 Å². The summed E-state index contributed by atoms with van der Waals surface area (Å²) in [6, 6.07) is 8.19. The molecule has 3 heteroatoms. The molecular weight excluding hydrogens is 258 g/mol. The molecule has 0 unspecified atom stereocenters. The van der Waals surface area contributed by atoms with Crippen LogP contribution in [-0.4, -0.2) is 18.2 Å². The van der Waals surface area contributed by atoms with Crippen LogP contribution in [-0.2, 0) is 4.74 Å². The summed E-state index contributed by atoms with van der Waals surface area (Å²) in [5.74, 6) is 0.494. The molecule has 0 spiro atoms. The first kappa shape index (κ1) is 12.6. The van der Waals surface area contributed by atoms with Crippen LogP contribution in [0, 0.1) is 0 Å². The minimum atomic E-state index is 0.494. The second kappa shape index (κ2) is 5.32. The molecule has 0 atom stereocenters. The van der Waals surface area contributed by atoms with E-state index in [0.717, 1.165) is 48.2 Å². The van der Waals surface area contributed by atoms with Crippen LogP contribution >= 0.6 is 11.6 Å². The number of benzene rings is 1. The number of halogens is 1. The number of hydrogen-bond donors (Lipinski definition) is 0. The molecule has 98 valence electrons. The Kier molecular flexibility index (Phi) is 3.54. The molecule has 1 aromatic carbocycles. The summed E-state index contributed by atoms with van der Waals surface area (Å²) in [4.78, 5) is 4.75. The van der Waals surface area contributed by atoms with Gasteiger partial charge in [-0.1, -0.05) is 30.3 Å². The number of fused-ring (bicyclic) bond motifs is 1. The van der Waals surface area contributed by atoms with E-state index in [2.05, 4.69) is 24.8 Å². The van der Waals surface area contributed by atoms with E-state index in [1.54, 1.807) is 6.08 Å². The van der Waals surface area contributed by atoms with E-state index in [-0.39, 0.29) is 0 Å². The molecule has 0 bridgehead atoms. The second-order valence-corrected chi connectivity index (χ2v) is 5.31. The number of hydrogen-bond acceptors (Lipinski definition) is 2. The van der Waals surface area contributed by atoms with Crippen LogP contribution < -0.4 is 0 Å². The Labute approximate surface area is 118 Å². The van der Waals surface area contributed by atoms with Crippen molar-refractivity contribution in [1.29, 1.82) is 0 Å². The average Bonchev–Trinajstić information content (AvgIpc) is 2.47. The molecule has 0 radical (unpaired) electrons. The highest BCUT2D eigenvalue weighted by atomic mass is 35.5. The third-order valence-electron chi connectivity index (χ3n) is 3.67. The topological polar surface area (TPSA) is 22.1 Å². The van der Waals surface area contributed by atoms with Crippen LogP contribution in [0.1, 0.15) is 30.0 Å². The molecule has 1 saturated heterocycles. The number of ether oxygens (including phenoxy) is 1. The predicted molar refractivity (Wildman–Crippen MR) is 79.6 cm³/mol. The largest absolute Gasteiger partial charge is 0.381 e. The zero-order valence-corrected chi connectivity index (χ0v) is 11.5. The van der Waals surface area contributed by atoms with Crippen LogP contribution in [0.3, 0.4) is 0 Å². The lowest BCUT2D eigenvalue weighted by Gasteiger charge is -2.21. The van der Waals surface area contributed by atoms with Gasteiger partial charge in [0.2, 0.25) is 0 Å². The van der Waals surface area contributed by atoms with Gasteiger partial charge in [0.15, 0.2) is 0 Å².